The highest BCUT2D eigenvalue weighted by atomic mass is 32.2. The maximum Gasteiger partial charge on any atom is 0.393 e. The number of thioether (sulfide) groups is 1. The van der Waals surface area contributed by atoms with Gasteiger partial charge >= 0.3 is 12.1 Å². The highest BCUT2D eigenvalue weighted by Gasteiger charge is 2.52. The molecule has 1 saturated heterocycles. The molecular formula is C15H15F5N2O3S. The van der Waals surface area contributed by atoms with Gasteiger partial charge < -0.3 is 10.4 Å². The van der Waals surface area contributed by atoms with Crippen LogP contribution in [0.1, 0.15) is 0 Å². The minimum atomic E-state index is -4.69. The summed E-state index contributed by atoms with van der Waals surface area (Å²) < 4.78 is 63.9. The average molecular weight is 398 g/mol. The molecule has 1 aromatic carbocycles. The number of carbonyl (C=O) groups excluding carboxylic acids is 1. The second-order valence-corrected chi connectivity index (χ2v) is 6.74. The van der Waals surface area contributed by atoms with E-state index in [0.717, 1.165) is 4.90 Å². The molecule has 1 amide bonds. The Morgan fingerprint density at radius 2 is 1.92 bits per heavy atom. The summed E-state index contributed by atoms with van der Waals surface area (Å²) in [6, 6.07) is 5.79. The number of aliphatic carboxylic acids is 1. The van der Waals surface area contributed by atoms with Gasteiger partial charge in [0.1, 0.15) is 0 Å². The summed E-state index contributed by atoms with van der Waals surface area (Å²) in [5.74, 6) is -8.69. The van der Waals surface area contributed by atoms with Gasteiger partial charge in [-0.2, -0.15) is 22.0 Å². The third-order valence-corrected chi connectivity index (χ3v) is 4.67. The molecule has 0 aliphatic carbocycles. The van der Waals surface area contributed by atoms with E-state index in [9.17, 15) is 31.5 Å². The average Bonchev–Trinajstić information content (AvgIpc) is 2.93. The van der Waals surface area contributed by atoms with Crippen LogP contribution in [0.25, 0.3) is 0 Å². The Kier molecular flexibility index (Phi) is 6.45. The molecule has 0 radical (unpaired) electrons. The molecule has 2 N–H and O–H groups in total. The van der Waals surface area contributed by atoms with E-state index in [1.165, 1.54) is 24.3 Å². The van der Waals surface area contributed by atoms with Crippen molar-refractivity contribution in [2.75, 3.05) is 25.0 Å². The maximum atomic E-state index is 12.9. The van der Waals surface area contributed by atoms with Crippen LogP contribution in [0.2, 0.25) is 0 Å². The first-order chi connectivity index (χ1) is 12.1. The number of para-hydroxylation sites is 1. The van der Waals surface area contributed by atoms with Crippen molar-refractivity contribution in [3.05, 3.63) is 24.3 Å². The van der Waals surface area contributed by atoms with E-state index in [-0.39, 0.29) is 22.3 Å². The molecule has 0 unspecified atom stereocenters. The number of likely N-dealkylation sites (tertiary alicyclic amines) is 1. The van der Waals surface area contributed by atoms with Crippen molar-refractivity contribution in [2.45, 2.75) is 16.8 Å². The van der Waals surface area contributed by atoms with Crippen LogP contribution in [0, 0.1) is 11.8 Å². The number of halogens is 5. The molecule has 11 heteroatoms. The molecule has 5 nitrogen and oxygen atoms in total. The van der Waals surface area contributed by atoms with Gasteiger partial charge in [0.15, 0.2) is 0 Å². The number of carboxylic acid groups (broad SMARTS) is 1. The Morgan fingerprint density at radius 1 is 1.27 bits per heavy atom. The second kappa shape index (κ2) is 8.21. The first-order valence-corrected chi connectivity index (χ1v) is 8.31. The summed E-state index contributed by atoms with van der Waals surface area (Å²) in [4.78, 5) is 24.3. The van der Waals surface area contributed by atoms with Gasteiger partial charge in [0, 0.05) is 18.0 Å². The number of carboxylic acids is 1. The molecule has 0 aromatic heterocycles. The molecule has 0 saturated carbocycles. The Bertz CT molecular complexity index is 671. The number of anilines is 1. The van der Waals surface area contributed by atoms with Crippen molar-refractivity contribution in [3.63, 3.8) is 0 Å². The summed E-state index contributed by atoms with van der Waals surface area (Å²) in [7, 11) is 0. The maximum absolute atomic E-state index is 12.9. The lowest BCUT2D eigenvalue weighted by Gasteiger charge is -2.18. The summed E-state index contributed by atoms with van der Waals surface area (Å²) in [6.07, 6.45) is -4.69. The van der Waals surface area contributed by atoms with Gasteiger partial charge in [0.05, 0.1) is 24.1 Å². The van der Waals surface area contributed by atoms with Crippen LogP contribution in [0.3, 0.4) is 0 Å². The molecule has 0 spiro atoms. The molecule has 2 atom stereocenters. The fourth-order valence-corrected chi connectivity index (χ4v) is 3.35. The van der Waals surface area contributed by atoms with E-state index in [0.29, 0.717) is 0 Å². The fraction of sp³-hybridized carbons (Fsp3) is 0.467. The van der Waals surface area contributed by atoms with Crippen LogP contribution in [-0.4, -0.2) is 53.5 Å². The number of hydrogen-bond acceptors (Lipinski definition) is 4. The molecule has 26 heavy (non-hydrogen) atoms. The highest BCUT2D eigenvalue weighted by Crippen LogP contribution is 2.37. The molecule has 144 valence electrons. The van der Waals surface area contributed by atoms with Crippen molar-refractivity contribution in [1.82, 2.24) is 4.90 Å². The molecule has 1 aromatic rings. The van der Waals surface area contributed by atoms with Crippen molar-refractivity contribution >= 4 is 29.3 Å². The third-order valence-electron chi connectivity index (χ3n) is 3.88. The zero-order valence-electron chi connectivity index (χ0n) is 13.2. The normalized spacial score (nSPS) is 21.2. The monoisotopic (exact) mass is 398 g/mol. The van der Waals surface area contributed by atoms with Crippen molar-refractivity contribution < 1.29 is 36.6 Å². The number of nitrogens with one attached hydrogen (secondary N) is 1. The number of nitrogens with zero attached hydrogens (tertiary/aromatic N) is 1. The van der Waals surface area contributed by atoms with E-state index in [4.69, 9.17) is 5.11 Å². The van der Waals surface area contributed by atoms with Crippen LogP contribution < -0.4 is 5.32 Å². The van der Waals surface area contributed by atoms with Crippen LogP contribution in [0.15, 0.2) is 29.2 Å². The molecule has 1 aliphatic heterocycles. The number of benzene rings is 1. The first kappa shape index (κ1) is 20.4. The number of amides is 1. The van der Waals surface area contributed by atoms with Crippen molar-refractivity contribution in [3.8, 4) is 0 Å². The standard InChI is InChI=1S/C15H15F5N2O3S/c16-14(17)26-11-4-2-1-3-10(11)21-12(23)7-22-5-8(13(24)25)9(6-22)15(18,19)20/h1-4,8-9,14H,5-7H2,(H,21,23)(H,24,25)/t8-,9-/m1/s1. The Morgan fingerprint density at radius 3 is 2.46 bits per heavy atom. The Hall–Kier alpha value is -1.88. The molecule has 1 aliphatic rings. The predicted octanol–water partition coefficient (Wildman–Crippen LogP) is 3.13. The SMILES string of the molecule is O=C(CN1C[C@@H](C(F)(F)F)[C@H](C(=O)O)C1)Nc1ccccc1SC(F)F. The molecule has 2 rings (SSSR count). The van der Waals surface area contributed by atoms with Gasteiger partial charge in [0.25, 0.3) is 5.76 Å². The number of alkyl halides is 5. The first-order valence-electron chi connectivity index (χ1n) is 7.43. The van der Waals surface area contributed by atoms with E-state index in [2.05, 4.69) is 5.32 Å². The number of carbonyl (C=O) groups is 2. The highest BCUT2D eigenvalue weighted by molar-refractivity contribution is 7.99. The topological polar surface area (TPSA) is 69.6 Å². The Labute approximate surface area is 149 Å². The van der Waals surface area contributed by atoms with E-state index < -0.39 is 55.3 Å². The van der Waals surface area contributed by atoms with Gasteiger partial charge in [-0.3, -0.25) is 14.5 Å². The van der Waals surface area contributed by atoms with Gasteiger partial charge in [-0.15, -0.1) is 0 Å². The lowest BCUT2D eigenvalue weighted by Crippen LogP contribution is -2.34. The van der Waals surface area contributed by atoms with Crippen LogP contribution in [-0.2, 0) is 9.59 Å². The van der Waals surface area contributed by atoms with Gasteiger partial charge in [-0.1, -0.05) is 23.9 Å². The second-order valence-electron chi connectivity index (χ2n) is 5.71. The number of hydrogen-bond donors (Lipinski definition) is 2. The summed E-state index contributed by atoms with van der Waals surface area (Å²) >= 11 is 0.230. The molecule has 1 fully saturated rings. The lowest BCUT2D eigenvalue weighted by atomic mass is 9.96. The predicted molar refractivity (Wildman–Crippen MR) is 84.0 cm³/mol. The van der Waals surface area contributed by atoms with Gasteiger partial charge in [0.2, 0.25) is 5.91 Å². The molecule has 0 bridgehead atoms. The molecule has 1 heterocycles. The summed E-state index contributed by atoms with van der Waals surface area (Å²) in [5, 5.41) is 11.3. The van der Waals surface area contributed by atoms with Crippen molar-refractivity contribution in [1.29, 1.82) is 0 Å². The summed E-state index contributed by atoms with van der Waals surface area (Å²) in [6.45, 7) is -1.49. The minimum absolute atomic E-state index is 0.115. The lowest BCUT2D eigenvalue weighted by molar-refractivity contribution is -0.188. The van der Waals surface area contributed by atoms with Gasteiger partial charge in [-0.05, 0) is 12.1 Å². The summed E-state index contributed by atoms with van der Waals surface area (Å²) in [5.41, 5.74) is 0.115. The van der Waals surface area contributed by atoms with Gasteiger partial charge in [-0.25, -0.2) is 0 Å². The van der Waals surface area contributed by atoms with E-state index >= 15 is 0 Å². The zero-order valence-corrected chi connectivity index (χ0v) is 14.0. The largest absolute Gasteiger partial charge is 0.481 e. The van der Waals surface area contributed by atoms with Crippen LogP contribution >= 0.6 is 11.8 Å². The van der Waals surface area contributed by atoms with Crippen LogP contribution in [0.5, 0.6) is 0 Å². The van der Waals surface area contributed by atoms with E-state index in [1.54, 1.807) is 0 Å². The molecular weight excluding hydrogens is 383 g/mol. The minimum Gasteiger partial charge on any atom is -0.481 e. The zero-order chi connectivity index (χ0) is 19.5. The number of rotatable bonds is 6. The smallest absolute Gasteiger partial charge is 0.393 e. The fourth-order valence-electron chi connectivity index (χ4n) is 2.76. The third kappa shape index (κ3) is 5.31. The quantitative estimate of drug-likeness (QED) is 0.569. The van der Waals surface area contributed by atoms with E-state index in [1.807, 2.05) is 0 Å². The van der Waals surface area contributed by atoms with Crippen molar-refractivity contribution in [2.24, 2.45) is 11.8 Å². The van der Waals surface area contributed by atoms with Crippen LogP contribution in [0.4, 0.5) is 27.6 Å². The Balaban J connectivity index is 2.02.